The van der Waals surface area contributed by atoms with Crippen molar-refractivity contribution in [2.75, 3.05) is 13.1 Å². The second-order valence-electron chi connectivity index (χ2n) is 4.68. The molecule has 0 aromatic rings. The predicted octanol–water partition coefficient (Wildman–Crippen LogP) is 1.15. The molecule has 2 atom stereocenters. The van der Waals surface area contributed by atoms with Gasteiger partial charge in [0.25, 0.3) is 0 Å². The standard InChI is InChI=1S/C11H22N2O/c1-8(2)9(3)6-12-7-10-4-5-11(14)13-10/h8-10,12H,4-7H2,1-3H3,(H,13,14). The van der Waals surface area contributed by atoms with E-state index in [2.05, 4.69) is 31.4 Å². The lowest BCUT2D eigenvalue weighted by molar-refractivity contribution is -0.119. The number of carbonyl (C=O) groups excluding carboxylic acids is 1. The molecular formula is C11H22N2O. The van der Waals surface area contributed by atoms with Crippen molar-refractivity contribution < 1.29 is 4.79 Å². The first kappa shape index (κ1) is 11.5. The molecule has 0 aromatic carbocycles. The van der Waals surface area contributed by atoms with Gasteiger partial charge in [-0.05, 0) is 24.8 Å². The third-order valence-electron chi connectivity index (χ3n) is 3.08. The lowest BCUT2D eigenvalue weighted by Crippen LogP contribution is -2.37. The Balaban J connectivity index is 2.07. The Bertz CT molecular complexity index is 192. The van der Waals surface area contributed by atoms with Crippen molar-refractivity contribution in [2.45, 2.75) is 39.7 Å². The zero-order valence-electron chi connectivity index (χ0n) is 9.47. The summed E-state index contributed by atoms with van der Waals surface area (Å²) in [5.74, 6) is 1.63. The molecule has 1 saturated heterocycles. The lowest BCUT2D eigenvalue weighted by Gasteiger charge is -2.18. The van der Waals surface area contributed by atoms with Crippen molar-refractivity contribution >= 4 is 5.91 Å². The first-order valence-corrected chi connectivity index (χ1v) is 5.59. The summed E-state index contributed by atoms with van der Waals surface area (Å²) in [6.07, 6.45) is 1.69. The zero-order valence-corrected chi connectivity index (χ0v) is 9.47. The van der Waals surface area contributed by atoms with E-state index in [-0.39, 0.29) is 5.91 Å². The Morgan fingerprint density at radius 3 is 2.71 bits per heavy atom. The van der Waals surface area contributed by atoms with Crippen LogP contribution in [0.4, 0.5) is 0 Å². The third-order valence-corrected chi connectivity index (χ3v) is 3.08. The summed E-state index contributed by atoms with van der Waals surface area (Å²) < 4.78 is 0. The largest absolute Gasteiger partial charge is 0.352 e. The summed E-state index contributed by atoms with van der Waals surface area (Å²) in [7, 11) is 0. The minimum absolute atomic E-state index is 0.203. The van der Waals surface area contributed by atoms with Crippen LogP contribution in [0.5, 0.6) is 0 Å². The molecule has 14 heavy (non-hydrogen) atoms. The maximum atomic E-state index is 10.9. The fraction of sp³-hybridized carbons (Fsp3) is 0.909. The van der Waals surface area contributed by atoms with Crippen LogP contribution in [-0.4, -0.2) is 25.0 Å². The Kier molecular flexibility index (Phi) is 4.39. The van der Waals surface area contributed by atoms with Crippen LogP contribution in [0.2, 0.25) is 0 Å². The number of nitrogens with one attached hydrogen (secondary N) is 2. The van der Waals surface area contributed by atoms with Gasteiger partial charge in [-0.25, -0.2) is 0 Å². The monoisotopic (exact) mass is 198 g/mol. The van der Waals surface area contributed by atoms with Crippen molar-refractivity contribution in [3.8, 4) is 0 Å². The molecule has 1 aliphatic rings. The molecule has 0 radical (unpaired) electrons. The van der Waals surface area contributed by atoms with Crippen molar-refractivity contribution in [3.05, 3.63) is 0 Å². The molecule has 82 valence electrons. The molecule has 1 amide bonds. The highest BCUT2D eigenvalue weighted by atomic mass is 16.1. The van der Waals surface area contributed by atoms with Crippen molar-refractivity contribution in [3.63, 3.8) is 0 Å². The van der Waals surface area contributed by atoms with E-state index in [0.29, 0.717) is 18.4 Å². The molecule has 2 unspecified atom stereocenters. The van der Waals surface area contributed by atoms with Crippen molar-refractivity contribution in [1.82, 2.24) is 10.6 Å². The van der Waals surface area contributed by atoms with E-state index in [9.17, 15) is 4.79 Å². The number of amides is 1. The Morgan fingerprint density at radius 2 is 2.21 bits per heavy atom. The molecule has 0 aliphatic carbocycles. The van der Waals surface area contributed by atoms with E-state index in [1.54, 1.807) is 0 Å². The summed E-state index contributed by atoms with van der Waals surface area (Å²) in [6, 6.07) is 0.363. The number of rotatable bonds is 5. The normalized spacial score (nSPS) is 24.0. The molecule has 1 heterocycles. The van der Waals surface area contributed by atoms with Crippen LogP contribution in [0.25, 0.3) is 0 Å². The van der Waals surface area contributed by atoms with Gasteiger partial charge in [-0.1, -0.05) is 20.8 Å². The molecule has 1 aliphatic heterocycles. The van der Waals surface area contributed by atoms with Crippen molar-refractivity contribution in [2.24, 2.45) is 11.8 Å². The fourth-order valence-electron chi connectivity index (χ4n) is 1.55. The molecule has 2 N–H and O–H groups in total. The van der Waals surface area contributed by atoms with Gasteiger partial charge < -0.3 is 10.6 Å². The van der Waals surface area contributed by atoms with E-state index in [1.165, 1.54) is 0 Å². The first-order chi connectivity index (χ1) is 6.59. The zero-order chi connectivity index (χ0) is 10.6. The van der Waals surface area contributed by atoms with Crippen LogP contribution in [0.3, 0.4) is 0 Å². The number of carbonyl (C=O) groups is 1. The van der Waals surface area contributed by atoms with Crippen LogP contribution < -0.4 is 10.6 Å². The van der Waals surface area contributed by atoms with E-state index in [1.807, 2.05) is 0 Å². The van der Waals surface area contributed by atoms with E-state index in [0.717, 1.165) is 25.4 Å². The van der Waals surface area contributed by atoms with E-state index in [4.69, 9.17) is 0 Å². The maximum absolute atomic E-state index is 10.9. The van der Waals surface area contributed by atoms with E-state index < -0.39 is 0 Å². The molecule has 0 saturated carbocycles. The second kappa shape index (κ2) is 5.35. The molecule has 0 spiro atoms. The Hall–Kier alpha value is -0.570. The molecule has 0 aromatic heterocycles. The van der Waals surface area contributed by atoms with Crippen LogP contribution in [0, 0.1) is 11.8 Å². The van der Waals surface area contributed by atoms with E-state index >= 15 is 0 Å². The maximum Gasteiger partial charge on any atom is 0.220 e. The summed E-state index contributed by atoms with van der Waals surface area (Å²) in [5, 5.41) is 6.37. The minimum Gasteiger partial charge on any atom is -0.352 e. The summed E-state index contributed by atoms with van der Waals surface area (Å²) in [4.78, 5) is 10.9. The average molecular weight is 198 g/mol. The van der Waals surface area contributed by atoms with Gasteiger partial charge in [-0.15, -0.1) is 0 Å². The summed E-state index contributed by atoms with van der Waals surface area (Å²) in [5.41, 5.74) is 0. The molecule has 0 bridgehead atoms. The van der Waals surface area contributed by atoms with Gasteiger partial charge in [0.2, 0.25) is 5.91 Å². The van der Waals surface area contributed by atoms with Crippen LogP contribution in [0.15, 0.2) is 0 Å². The highest BCUT2D eigenvalue weighted by molar-refractivity contribution is 5.78. The highest BCUT2D eigenvalue weighted by Crippen LogP contribution is 2.08. The minimum atomic E-state index is 0.203. The molecule has 3 nitrogen and oxygen atoms in total. The second-order valence-corrected chi connectivity index (χ2v) is 4.68. The van der Waals surface area contributed by atoms with Gasteiger partial charge in [-0.2, -0.15) is 0 Å². The topological polar surface area (TPSA) is 41.1 Å². The average Bonchev–Trinajstić information content (AvgIpc) is 2.51. The van der Waals surface area contributed by atoms with Gasteiger partial charge in [0.1, 0.15) is 0 Å². The highest BCUT2D eigenvalue weighted by Gasteiger charge is 2.20. The quantitative estimate of drug-likeness (QED) is 0.695. The van der Waals surface area contributed by atoms with Crippen LogP contribution >= 0.6 is 0 Å². The number of hydrogen-bond acceptors (Lipinski definition) is 2. The third kappa shape index (κ3) is 3.66. The lowest BCUT2D eigenvalue weighted by atomic mass is 9.98. The smallest absolute Gasteiger partial charge is 0.220 e. The molecular weight excluding hydrogens is 176 g/mol. The van der Waals surface area contributed by atoms with Gasteiger partial charge in [0, 0.05) is 19.0 Å². The van der Waals surface area contributed by atoms with Gasteiger partial charge in [0.15, 0.2) is 0 Å². The number of hydrogen-bond donors (Lipinski definition) is 2. The van der Waals surface area contributed by atoms with Crippen molar-refractivity contribution in [1.29, 1.82) is 0 Å². The van der Waals surface area contributed by atoms with Gasteiger partial charge >= 0.3 is 0 Å². The summed E-state index contributed by atoms with van der Waals surface area (Å²) >= 11 is 0. The SMILES string of the molecule is CC(C)C(C)CNCC1CCC(=O)N1. The molecule has 1 rings (SSSR count). The first-order valence-electron chi connectivity index (χ1n) is 5.59. The summed E-state index contributed by atoms with van der Waals surface area (Å²) in [6.45, 7) is 8.70. The van der Waals surface area contributed by atoms with Gasteiger partial charge in [-0.3, -0.25) is 4.79 Å². The van der Waals surface area contributed by atoms with Crippen LogP contribution in [-0.2, 0) is 4.79 Å². The van der Waals surface area contributed by atoms with Gasteiger partial charge in [0.05, 0.1) is 0 Å². The Morgan fingerprint density at radius 1 is 1.50 bits per heavy atom. The molecule has 1 fully saturated rings. The fourth-order valence-corrected chi connectivity index (χ4v) is 1.55. The molecule has 3 heteroatoms. The van der Waals surface area contributed by atoms with Crippen LogP contribution in [0.1, 0.15) is 33.6 Å². The Labute approximate surface area is 86.6 Å². The predicted molar refractivity (Wildman–Crippen MR) is 58.0 cm³/mol.